The Bertz CT molecular complexity index is 659. The molecular formula is C17H19ClN2O2. The van der Waals surface area contributed by atoms with E-state index >= 15 is 0 Å². The van der Waals surface area contributed by atoms with Crippen LogP contribution >= 0.6 is 11.6 Å². The smallest absolute Gasteiger partial charge is 0.257 e. The minimum atomic E-state index is -0.104. The average molecular weight is 319 g/mol. The molecule has 0 spiro atoms. The minimum absolute atomic E-state index is 0.104. The summed E-state index contributed by atoms with van der Waals surface area (Å²) in [6, 6.07) is 7.34. The first-order valence-electron chi connectivity index (χ1n) is 7.01. The highest BCUT2D eigenvalue weighted by atomic mass is 35.5. The predicted molar refractivity (Wildman–Crippen MR) is 87.6 cm³/mol. The first-order chi connectivity index (χ1) is 10.5. The van der Waals surface area contributed by atoms with Crippen LogP contribution in [0.25, 0.3) is 0 Å². The summed E-state index contributed by atoms with van der Waals surface area (Å²) in [6.45, 7) is 2.49. The highest BCUT2D eigenvalue weighted by Gasteiger charge is 2.18. The maximum absolute atomic E-state index is 12.6. The molecule has 2 aromatic rings. The fraction of sp³-hybridized carbons (Fsp3) is 0.294. The molecule has 0 bridgehead atoms. The summed E-state index contributed by atoms with van der Waals surface area (Å²) in [5.41, 5.74) is 2.51. The molecule has 22 heavy (non-hydrogen) atoms. The largest absolute Gasteiger partial charge is 0.496 e. The van der Waals surface area contributed by atoms with Gasteiger partial charge in [-0.05, 0) is 48.7 Å². The SMILES string of the molecule is COc1cc(C)c(Cl)cc1C(=O)N(C)CCc1ccncc1. The van der Waals surface area contributed by atoms with Crippen molar-refractivity contribution in [3.8, 4) is 5.75 Å². The molecule has 0 aliphatic carbocycles. The lowest BCUT2D eigenvalue weighted by atomic mass is 10.1. The third-order valence-corrected chi connectivity index (χ3v) is 3.95. The van der Waals surface area contributed by atoms with Gasteiger partial charge in [-0.1, -0.05) is 11.6 Å². The van der Waals surface area contributed by atoms with Gasteiger partial charge in [-0.15, -0.1) is 0 Å². The second-order valence-corrected chi connectivity index (χ2v) is 5.54. The number of aryl methyl sites for hydroxylation is 1. The van der Waals surface area contributed by atoms with Gasteiger partial charge in [0.1, 0.15) is 5.75 Å². The molecular weight excluding hydrogens is 300 g/mol. The van der Waals surface area contributed by atoms with Crippen molar-refractivity contribution < 1.29 is 9.53 Å². The molecule has 4 nitrogen and oxygen atoms in total. The van der Waals surface area contributed by atoms with Crippen molar-refractivity contribution >= 4 is 17.5 Å². The van der Waals surface area contributed by atoms with Crippen molar-refractivity contribution in [1.82, 2.24) is 9.88 Å². The van der Waals surface area contributed by atoms with Gasteiger partial charge in [0.15, 0.2) is 0 Å². The Morgan fingerprint density at radius 3 is 2.64 bits per heavy atom. The maximum Gasteiger partial charge on any atom is 0.257 e. The molecule has 116 valence electrons. The van der Waals surface area contributed by atoms with Gasteiger partial charge in [0.25, 0.3) is 5.91 Å². The van der Waals surface area contributed by atoms with Crippen LogP contribution in [0.5, 0.6) is 5.75 Å². The van der Waals surface area contributed by atoms with E-state index in [2.05, 4.69) is 4.98 Å². The Morgan fingerprint density at radius 1 is 1.32 bits per heavy atom. The van der Waals surface area contributed by atoms with E-state index in [1.165, 1.54) is 0 Å². The summed E-state index contributed by atoms with van der Waals surface area (Å²) in [4.78, 5) is 18.2. The Labute approximate surface area is 135 Å². The molecule has 0 N–H and O–H groups in total. The zero-order valence-corrected chi connectivity index (χ0v) is 13.7. The quantitative estimate of drug-likeness (QED) is 0.849. The Kier molecular flexibility index (Phi) is 5.39. The molecule has 0 unspecified atom stereocenters. The zero-order chi connectivity index (χ0) is 16.1. The van der Waals surface area contributed by atoms with E-state index in [1.807, 2.05) is 19.1 Å². The topological polar surface area (TPSA) is 42.4 Å². The highest BCUT2D eigenvalue weighted by molar-refractivity contribution is 6.31. The van der Waals surface area contributed by atoms with Crippen LogP contribution in [-0.2, 0) is 6.42 Å². The van der Waals surface area contributed by atoms with E-state index in [1.54, 1.807) is 43.6 Å². The van der Waals surface area contributed by atoms with Crippen molar-refractivity contribution in [2.24, 2.45) is 0 Å². The molecule has 5 heteroatoms. The number of halogens is 1. The van der Waals surface area contributed by atoms with E-state index in [0.29, 0.717) is 22.9 Å². The summed E-state index contributed by atoms with van der Waals surface area (Å²) in [5.74, 6) is 0.440. The van der Waals surface area contributed by atoms with E-state index in [4.69, 9.17) is 16.3 Å². The predicted octanol–water partition coefficient (Wildman–Crippen LogP) is 3.37. The maximum atomic E-state index is 12.6. The molecule has 1 aromatic heterocycles. The Hall–Kier alpha value is -2.07. The lowest BCUT2D eigenvalue weighted by Gasteiger charge is -2.19. The standard InChI is InChI=1S/C17H19ClN2O2/c1-12-10-16(22-3)14(11-15(12)18)17(21)20(2)9-6-13-4-7-19-8-5-13/h4-5,7-8,10-11H,6,9H2,1-3H3. The van der Waals surface area contributed by atoms with E-state index < -0.39 is 0 Å². The van der Waals surface area contributed by atoms with Gasteiger partial charge in [-0.2, -0.15) is 0 Å². The summed E-state index contributed by atoms with van der Waals surface area (Å²) in [6.07, 6.45) is 4.27. The van der Waals surface area contributed by atoms with Crippen molar-refractivity contribution in [1.29, 1.82) is 0 Å². The molecule has 0 radical (unpaired) electrons. The number of likely N-dealkylation sites (N-methyl/N-ethyl adjacent to an activating group) is 1. The van der Waals surface area contributed by atoms with Crippen LogP contribution in [0.2, 0.25) is 5.02 Å². The molecule has 0 atom stereocenters. The van der Waals surface area contributed by atoms with Crippen LogP contribution in [-0.4, -0.2) is 36.5 Å². The monoisotopic (exact) mass is 318 g/mol. The van der Waals surface area contributed by atoms with Crippen LogP contribution in [0.1, 0.15) is 21.5 Å². The highest BCUT2D eigenvalue weighted by Crippen LogP contribution is 2.27. The molecule has 1 heterocycles. The van der Waals surface area contributed by atoms with Crippen molar-refractivity contribution in [3.05, 3.63) is 58.4 Å². The minimum Gasteiger partial charge on any atom is -0.496 e. The number of carbonyl (C=O) groups excluding carboxylic acids is 1. The second kappa shape index (κ2) is 7.27. The summed E-state index contributed by atoms with van der Waals surface area (Å²) >= 11 is 6.13. The number of carbonyl (C=O) groups is 1. The van der Waals surface area contributed by atoms with Crippen LogP contribution in [0.4, 0.5) is 0 Å². The van der Waals surface area contributed by atoms with Crippen LogP contribution in [0.3, 0.4) is 0 Å². The third kappa shape index (κ3) is 3.77. The summed E-state index contributed by atoms with van der Waals surface area (Å²) < 4.78 is 5.30. The van der Waals surface area contributed by atoms with E-state index in [0.717, 1.165) is 17.5 Å². The molecule has 0 saturated heterocycles. The number of hydrogen-bond donors (Lipinski definition) is 0. The molecule has 1 amide bonds. The summed E-state index contributed by atoms with van der Waals surface area (Å²) in [7, 11) is 3.33. The van der Waals surface area contributed by atoms with Crippen molar-refractivity contribution in [2.45, 2.75) is 13.3 Å². The number of nitrogens with zero attached hydrogens (tertiary/aromatic N) is 2. The Balaban J connectivity index is 2.12. The molecule has 2 rings (SSSR count). The number of rotatable bonds is 5. The van der Waals surface area contributed by atoms with Crippen molar-refractivity contribution in [3.63, 3.8) is 0 Å². The molecule has 0 saturated carbocycles. The number of ether oxygens (including phenoxy) is 1. The fourth-order valence-corrected chi connectivity index (χ4v) is 2.31. The zero-order valence-electron chi connectivity index (χ0n) is 13.0. The normalized spacial score (nSPS) is 10.4. The average Bonchev–Trinajstić information content (AvgIpc) is 2.55. The number of pyridine rings is 1. The first-order valence-corrected chi connectivity index (χ1v) is 7.39. The number of benzene rings is 1. The molecule has 1 aromatic carbocycles. The number of methoxy groups -OCH3 is 1. The van der Waals surface area contributed by atoms with Gasteiger partial charge < -0.3 is 9.64 Å². The van der Waals surface area contributed by atoms with Gasteiger partial charge in [0.2, 0.25) is 0 Å². The lowest BCUT2D eigenvalue weighted by molar-refractivity contribution is 0.0793. The van der Waals surface area contributed by atoms with E-state index in [-0.39, 0.29) is 5.91 Å². The molecule has 0 fully saturated rings. The van der Waals surface area contributed by atoms with Gasteiger partial charge in [-0.25, -0.2) is 0 Å². The number of amides is 1. The van der Waals surface area contributed by atoms with Gasteiger partial charge >= 0.3 is 0 Å². The molecule has 0 aliphatic heterocycles. The second-order valence-electron chi connectivity index (χ2n) is 5.13. The van der Waals surface area contributed by atoms with Gasteiger partial charge in [-0.3, -0.25) is 9.78 Å². The Morgan fingerprint density at radius 2 is 2.00 bits per heavy atom. The van der Waals surface area contributed by atoms with Crippen LogP contribution in [0.15, 0.2) is 36.7 Å². The first kappa shape index (κ1) is 16.3. The number of aromatic nitrogens is 1. The lowest BCUT2D eigenvalue weighted by Crippen LogP contribution is -2.29. The van der Waals surface area contributed by atoms with Crippen LogP contribution in [0, 0.1) is 6.92 Å². The van der Waals surface area contributed by atoms with Gasteiger partial charge in [0.05, 0.1) is 12.7 Å². The van der Waals surface area contributed by atoms with Crippen molar-refractivity contribution in [2.75, 3.05) is 20.7 Å². The van der Waals surface area contributed by atoms with Gasteiger partial charge in [0, 0.05) is 31.0 Å². The summed E-state index contributed by atoms with van der Waals surface area (Å²) in [5, 5.41) is 0.562. The van der Waals surface area contributed by atoms with Crippen LogP contribution < -0.4 is 4.74 Å². The third-order valence-electron chi connectivity index (χ3n) is 3.54. The number of hydrogen-bond acceptors (Lipinski definition) is 3. The molecule has 0 aliphatic rings. The fourth-order valence-electron chi connectivity index (χ4n) is 2.14. The van der Waals surface area contributed by atoms with E-state index in [9.17, 15) is 4.79 Å².